The van der Waals surface area contributed by atoms with E-state index >= 15 is 0 Å². The molecule has 1 fully saturated rings. The maximum Gasteiger partial charge on any atom is 0.311 e. The van der Waals surface area contributed by atoms with Crippen molar-refractivity contribution in [3.63, 3.8) is 0 Å². The molecule has 2 rings (SSSR count). The van der Waals surface area contributed by atoms with Crippen molar-refractivity contribution in [3.8, 4) is 0 Å². The molecular weight excluding hydrogens is 268 g/mol. The van der Waals surface area contributed by atoms with E-state index in [2.05, 4.69) is 5.32 Å². The Balaban J connectivity index is 2.07. The first-order valence-corrected chi connectivity index (χ1v) is 7.22. The van der Waals surface area contributed by atoms with Crippen molar-refractivity contribution in [1.29, 1.82) is 0 Å². The zero-order valence-corrected chi connectivity index (χ0v) is 12.5. The van der Waals surface area contributed by atoms with Crippen molar-refractivity contribution < 1.29 is 14.7 Å². The fourth-order valence-corrected chi connectivity index (χ4v) is 2.37. The number of carbonyl (C=O) groups is 2. The summed E-state index contributed by atoms with van der Waals surface area (Å²) in [7, 11) is 0. The van der Waals surface area contributed by atoms with Gasteiger partial charge >= 0.3 is 5.97 Å². The number of carboxylic acid groups (broad SMARTS) is 1. The molecule has 5 nitrogen and oxygen atoms in total. The molecule has 0 aromatic heterocycles. The molecule has 1 aliphatic carbocycles. The van der Waals surface area contributed by atoms with Gasteiger partial charge in [0, 0.05) is 12.2 Å². The normalized spacial score (nSPS) is 18.6. The Bertz CT molecular complexity index is 549. The van der Waals surface area contributed by atoms with Crippen LogP contribution >= 0.6 is 0 Å². The fourth-order valence-electron chi connectivity index (χ4n) is 2.37. The average Bonchev–Trinajstić information content (AvgIpc) is 3.26. The predicted octanol–water partition coefficient (Wildman–Crippen LogP) is 1.92. The Morgan fingerprint density at radius 3 is 2.33 bits per heavy atom. The van der Waals surface area contributed by atoms with E-state index in [-0.39, 0.29) is 12.5 Å². The molecule has 5 heteroatoms. The van der Waals surface area contributed by atoms with Gasteiger partial charge in [0.15, 0.2) is 0 Å². The zero-order valence-electron chi connectivity index (χ0n) is 12.5. The number of hydrogen-bond acceptors (Lipinski definition) is 3. The van der Waals surface area contributed by atoms with Crippen LogP contribution in [0.2, 0.25) is 0 Å². The molecule has 4 N–H and O–H groups in total. The summed E-state index contributed by atoms with van der Waals surface area (Å²) in [5, 5.41) is 12.1. The second-order valence-corrected chi connectivity index (χ2v) is 6.11. The summed E-state index contributed by atoms with van der Waals surface area (Å²) in [6.45, 7) is 3.61. The van der Waals surface area contributed by atoms with Crippen LogP contribution in [0.1, 0.15) is 38.7 Å². The lowest BCUT2D eigenvalue weighted by atomic mass is 9.87. The first-order valence-electron chi connectivity index (χ1n) is 7.22. The minimum atomic E-state index is -0.924. The summed E-state index contributed by atoms with van der Waals surface area (Å²) < 4.78 is 0. The molecule has 0 radical (unpaired) electrons. The quantitative estimate of drug-likeness (QED) is 0.698. The lowest BCUT2D eigenvalue weighted by Gasteiger charge is -2.25. The van der Waals surface area contributed by atoms with Crippen molar-refractivity contribution in [1.82, 2.24) is 5.32 Å². The molecule has 0 spiro atoms. The minimum Gasteiger partial charge on any atom is -0.481 e. The third-order valence-corrected chi connectivity index (χ3v) is 4.58. The number of aliphatic carboxylic acids is 1. The number of rotatable bonds is 6. The highest BCUT2D eigenvalue weighted by molar-refractivity contribution is 5.91. The van der Waals surface area contributed by atoms with Gasteiger partial charge in [0.1, 0.15) is 0 Å². The van der Waals surface area contributed by atoms with Gasteiger partial charge in [-0.05, 0) is 43.9 Å². The van der Waals surface area contributed by atoms with E-state index in [0.29, 0.717) is 12.1 Å². The van der Waals surface area contributed by atoms with Crippen molar-refractivity contribution in [2.45, 2.75) is 38.5 Å². The number of amides is 1. The van der Waals surface area contributed by atoms with Gasteiger partial charge < -0.3 is 16.2 Å². The molecule has 0 heterocycles. The van der Waals surface area contributed by atoms with Gasteiger partial charge in [-0.1, -0.05) is 19.1 Å². The Kier molecular flexibility index (Phi) is 3.94. The number of nitrogen functional groups attached to an aromatic ring is 1. The number of carboxylic acids is 1. The molecule has 1 amide bonds. The van der Waals surface area contributed by atoms with E-state index < -0.39 is 16.8 Å². The maximum atomic E-state index is 12.5. The molecule has 1 aromatic rings. The smallest absolute Gasteiger partial charge is 0.311 e. The Labute approximate surface area is 124 Å². The minimum absolute atomic E-state index is 0.0896. The van der Waals surface area contributed by atoms with E-state index in [0.717, 1.165) is 18.4 Å². The summed E-state index contributed by atoms with van der Waals surface area (Å²) in [6, 6.07) is 7.32. The summed E-state index contributed by atoms with van der Waals surface area (Å²) in [4.78, 5) is 23.7. The molecule has 114 valence electrons. The summed E-state index contributed by atoms with van der Waals surface area (Å²) in [5.74, 6) is -0.976. The van der Waals surface area contributed by atoms with Crippen LogP contribution < -0.4 is 11.1 Å². The predicted molar refractivity (Wildman–Crippen MR) is 80.8 cm³/mol. The van der Waals surface area contributed by atoms with Crippen molar-refractivity contribution >= 4 is 17.6 Å². The lowest BCUT2D eigenvalue weighted by Crippen LogP contribution is -2.44. The van der Waals surface area contributed by atoms with Gasteiger partial charge in [-0.15, -0.1) is 0 Å². The van der Waals surface area contributed by atoms with E-state index in [1.54, 1.807) is 19.1 Å². The number of anilines is 1. The summed E-state index contributed by atoms with van der Waals surface area (Å²) >= 11 is 0. The second-order valence-electron chi connectivity index (χ2n) is 6.11. The van der Waals surface area contributed by atoms with Crippen LogP contribution in [0.4, 0.5) is 5.69 Å². The maximum absolute atomic E-state index is 12.5. The monoisotopic (exact) mass is 290 g/mol. The number of carbonyl (C=O) groups excluding carboxylic acids is 1. The van der Waals surface area contributed by atoms with E-state index in [1.165, 1.54) is 0 Å². The molecule has 1 aromatic carbocycles. The second kappa shape index (κ2) is 5.39. The van der Waals surface area contributed by atoms with Crippen molar-refractivity contribution in [2.24, 2.45) is 5.41 Å². The molecule has 1 atom stereocenters. The van der Waals surface area contributed by atoms with Crippen LogP contribution in [-0.4, -0.2) is 23.5 Å². The fraction of sp³-hybridized carbons (Fsp3) is 0.500. The Hall–Kier alpha value is -2.04. The van der Waals surface area contributed by atoms with Crippen LogP contribution in [0.5, 0.6) is 0 Å². The number of nitrogens with two attached hydrogens (primary N) is 1. The standard InChI is InChI=1S/C16H22N2O3/c1-3-15(2,14(20)21)10-18-13(19)16(8-9-16)11-4-6-12(17)7-5-11/h4-7H,3,8-10,17H2,1-2H3,(H,18,19)(H,20,21). The number of benzene rings is 1. The Morgan fingerprint density at radius 1 is 1.33 bits per heavy atom. The first-order chi connectivity index (χ1) is 9.84. The molecular formula is C16H22N2O3. The average molecular weight is 290 g/mol. The van der Waals surface area contributed by atoms with Gasteiger partial charge in [-0.3, -0.25) is 9.59 Å². The van der Waals surface area contributed by atoms with Crippen LogP contribution in [0.3, 0.4) is 0 Å². The van der Waals surface area contributed by atoms with Crippen LogP contribution in [0.25, 0.3) is 0 Å². The van der Waals surface area contributed by atoms with Gasteiger partial charge in [0.25, 0.3) is 0 Å². The SMILES string of the molecule is CCC(C)(CNC(=O)C1(c2ccc(N)cc2)CC1)C(=O)O. The topological polar surface area (TPSA) is 92.4 Å². The molecule has 21 heavy (non-hydrogen) atoms. The third kappa shape index (κ3) is 2.86. The largest absolute Gasteiger partial charge is 0.481 e. The van der Waals surface area contributed by atoms with E-state index in [9.17, 15) is 14.7 Å². The van der Waals surface area contributed by atoms with Crippen LogP contribution in [0, 0.1) is 5.41 Å². The lowest BCUT2D eigenvalue weighted by molar-refractivity contribution is -0.148. The van der Waals surface area contributed by atoms with Gasteiger partial charge in [0.2, 0.25) is 5.91 Å². The zero-order chi connectivity index (χ0) is 15.7. The summed E-state index contributed by atoms with van der Waals surface area (Å²) in [5.41, 5.74) is 5.86. The highest BCUT2D eigenvalue weighted by Crippen LogP contribution is 2.48. The van der Waals surface area contributed by atoms with E-state index in [1.807, 2.05) is 19.1 Å². The van der Waals surface area contributed by atoms with Crippen LogP contribution in [-0.2, 0) is 15.0 Å². The Morgan fingerprint density at radius 2 is 1.90 bits per heavy atom. The summed E-state index contributed by atoms with van der Waals surface area (Å²) in [6.07, 6.45) is 2.05. The highest BCUT2D eigenvalue weighted by atomic mass is 16.4. The van der Waals surface area contributed by atoms with E-state index in [4.69, 9.17) is 5.73 Å². The van der Waals surface area contributed by atoms with Gasteiger partial charge in [0.05, 0.1) is 10.8 Å². The molecule has 1 unspecified atom stereocenters. The molecule has 1 aliphatic rings. The van der Waals surface area contributed by atoms with Gasteiger partial charge in [-0.2, -0.15) is 0 Å². The molecule has 1 saturated carbocycles. The molecule has 0 aliphatic heterocycles. The van der Waals surface area contributed by atoms with Crippen molar-refractivity contribution in [2.75, 3.05) is 12.3 Å². The number of nitrogens with one attached hydrogen (secondary N) is 1. The van der Waals surface area contributed by atoms with Gasteiger partial charge in [-0.25, -0.2) is 0 Å². The molecule has 0 bridgehead atoms. The number of hydrogen-bond donors (Lipinski definition) is 3. The third-order valence-electron chi connectivity index (χ3n) is 4.58. The highest BCUT2D eigenvalue weighted by Gasteiger charge is 2.51. The van der Waals surface area contributed by atoms with Crippen LogP contribution in [0.15, 0.2) is 24.3 Å². The molecule has 0 saturated heterocycles. The van der Waals surface area contributed by atoms with Crippen molar-refractivity contribution in [3.05, 3.63) is 29.8 Å². The first kappa shape index (κ1) is 15.4.